The van der Waals surface area contributed by atoms with Gasteiger partial charge in [-0.2, -0.15) is 0 Å². The molecule has 5 heteroatoms. The van der Waals surface area contributed by atoms with Crippen LogP contribution in [0.5, 0.6) is 0 Å². The highest BCUT2D eigenvalue weighted by Gasteiger charge is 2.07. The first-order valence-electron chi connectivity index (χ1n) is 4.80. The zero-order chi connectivity index (χ0) is 12.1. The molecule has 1 aromatic carbocycles. The highest BCUT2D eigenvalue weighted by atomic mass is 32.2. The molecule has 0 aromatic heterocycles. The largest absolute Gasteiger partial charge is 0.465 e. The third-order valence-electron chi connectivity index (χ3n) is 2.31. The third kappa shape index (κ3) is 3.43. The first kappa shape index (κ1) is 12.9. The Hall–Kier alpha value is -1.20. The minimum absolute atomic E-state index is 0.207. The van der Waals surface area contributed by atoms with E-state index in [1.807, 2.05) is 6.92 Å². The molecule has 4 nitrogen and oxygen atoms in total. The molecule has 0 saturated carbocycles. The number of hydrogen-bond donors (Lipinski definition) is 1. The van der Waals surface area contributed by atoms with Crippen molar-refractivity contribution in [2.75, 3.05) is 12.9 Å². The van der Waals surface area contributed by atoms with Gasteiger partial charge >= 0.3 is 5.97 Å². The van der Waals surface area contributed by atoms with Crippen molar-refractivity contribution in [2.45, 2.75) is 13.3 Å². The van der Waals surface area contributed by atoms with Crippen LogP contribution in [0.1, 0.15) is 21.5 Å². The molecule has 88 valence electrons. The predicted molar refractivity (Wildman–Crippen MR) is 61.9 cm³/mol. The maximum absolute atomic E-state index is 11.2. The molecular weight excluding hydrogens is 228 g/mol. The number of hydrogen-bond acceptors (Lipinski definition) is 3. The Morgan fingerprint density at radius 1 is 1.50 bits per heavy atom. The summed E-state index contributed by atoms with van der Waals surface area (Å²) in [5, 5.41) is 0. The van der Waals surface area contributed by atoms with E-state index in [0.717, 1.165) is 11.1 Å². The summed E-state index contributed by atoms with van der Waals surface area (Å²) < 4.78 is 23.8. The lowest BCUT2D eigenvalue weighted by Crippen LogP contribution is -2.04. The van der Waals surface area contributed by atoms with Crippen LogP contribution in [0.25, 0.3) is 0 Å². The third-order valence-corrected chi connectivity index (χ3v) is 2.86. The van der Waals surface area contributed by atoms with Gasteiger partial charge in [0.05, 0.1) is 18.4 Å². The van der Waals surface area contributed by atoms with Gasteiger partial charge in [-0.1, -0.05) is 6.07 Å². The molecule has 0 aliphatic rings. The predicted octanol–water partition coefficient (Wildman–Crippen LogP) is 1.55. The molecule has 1 rings (SSSR count). The molecule has 0 bridgehead atoms. The van der Waals surface area contributed by atoms with Gasteiger partial charge in [0.1, 0.15) is 0 Å². The standard InChI is InChI=1S/C11H14O4S/c1-8-7-10(11(12)15-2)4-3-9(8)5-6-16(13)14/h3-4,7H,5-6H2,1-2H3,(H,13,14). The maximum atomic E-state index is 11.2. The molecular formula is C11H14O4S. The van der Waals surface area contributed by atoms with Crippen LogP contribution < -0.4 is 0 Å². The highest BCUT2D eigenvalue weighted by molar-refractivity contribution is 7.79. The van der Waals surface area contributed by atoms with Crippen molar-refractivity contribution in [3.05, 3.63) is 34.9 Å². The van der Waals surface area contributed by atoms with Gasteiger partial charge in [0.15, 0.2) is 11.1 Å². The first-order chi connectivity index (χ1) is 7.54. The van der Waals surface area contributed by atoms with E-state index in [0.29, 0.717) is 12.0 Å². The number of ether oxygens (including phenoxy) is 1. The van der Waals surface area contributed by atoms with Crippen molar-refractivity contribution in [3.8, 4) is 0 Å². The molecule has 16 heavy (non-hydrogen) atoms. The Kier molecular flexibility index (Phi) is 4.64. The fourth-order valence-corrected chi connectivity index (χ4v) is 1.81. The topological polar surface area (TPSA) is 63.6 Å². The Balaban J connectivity index is 2.83. The van der Waals surface area contributed by atoms with Crippen LogP contribution >= 0.6 is 0 Å². The molecule has 1 aromatic rings. The van der Waals surface area contributed by atoms with E-state index in [2.05, 4.69) is 4.74 Å². The summed E-state index contributed by atoms with van der Waals surface area (Å²) >= 11 is -1.78. The van der Waals surface area contributed by atoms with E-state index in [4.69, 9.17) is 4.55 Å². The normalized spacial score (nSPS) is 12.2. The first-order valence-corrected chi connectivity index (χ1v) is 6.07. The van der Waals surface area contributed by atoms with Crippen LogP contribution in [0.15, 0.2) is 18.2 Å². The summed E-state index contributed by atoms with van der Waals surface area (Å²) in [6.45, 7) is 1.86. The van der Waals surface area contributed by atoms with Gasteiger partial charge in [-0.25, -0.2) is 9.00 Å². The van der Waals surface area contributed by atoms with Gasteiger partial charge in [-0.05, 0) is 36.6 Å². The van der Waals surface area contributed by atoms with E-state index >= 15 is 0 Å². The SMILES string of the molecule is COC(=O)c1ccc(CCS(=O)O)c(C)c1. The van der Waals surface area contributed by atoms with E-state index in [9.17, 15) is 9.00 Å². The van der Waals surface area contributed by atoms with Crippen LogP contribution in [0.2, 0.25) is 0 Å². The van der Waals surface area contributed by atoms with Gasteiger partial charge < -0.3 is 9.29 Å². The molecule has 0 amide bonds. The average molecular weight is 242 g/mol. The number of aryl methyl sites for hydroxylation is 2. The minimum Gasteiger partial charge on any atom is -0.465 e. The second kappa shape index (κ2) is 5.77. The second-order valence-corrected chi connectivity index (χ2v) is 4.46. The lowest BCUT2D eigenvalue weighted by atomic mass is 10.0. The fourth-order valence-electron chi connectivity index (χ4n) is 1.42. The van der Waals surface area contributed by atoms with Crippen LogP contribution in [0.3, 0.4) is 0 Å². The zero-order valence-electron chi connectivity index (χ0n) is 9.23. The highest BCUT2D eigenvalue weighted by Crippen LogP contribution is 2.13. The number of carbonyl (C=O) groups excluding carboxylic acids is 1. The number of esters is 1. The Bertz CT molecular complexity index is 414. The quantitative estimate of drug-likeness (QED) is 0.642. The number of methoxy groups -OCH3 is 1. The van der Waals surface area contributed by atoms with Crippen molar-refractivity contribution in [2.24, 2.45) is 0 Å². The van der Waals surface area contributed by atoms with Gasteiger partial charge in [0.25, 0.3) is 0 Å². The van der Waals surface area contributed by atoms with Crippen LogP contribution in [0.4, 0.5) is 0 Å². The zero-order valence-corrected chi connectivity index (χ0v) is 10.0. The molecule has 0 aliphatic carbocycles. The van der Waals surface area contributed by atoms with Crippen LogP contribution in [0, 0.1) is 6.92 Å². The molecule has 0 spiro atoms. The summed E-state index contributed by atoms with van der Waals surface area (Å²) in [4.78, 5) is 11.2. The molecule has 0 radical (unpaired) electrons. The lowest BCUT2D eigenvalue weighted by molar-refractivity contribution is 0.0600. The maximum Gasteiger partial charge on any atom is 0.337 e. The van der Waals surface area contributed by atoms with Gasteiger partial charge in [-0.15, -0.1) is 0 Å². The summed E-state index contributed by atoms with van der Waals surface area (Å²) in [6, 6.07) is 5.17. The second-order valence-electron chi connectivity index (χ2n) is 3.41. The van der Waals surface area contributed by atoms with Gasteiger partial charge in [0, 0.05) is 0 Å². The number of benzene rings is 1. The fraction of sp³-hybridized carbons (Fsp3) is 0.364. The Morgan fingerprint density at radius 2 is 2.19 bits per heavy atom. The smallest absolute Gasteiger partial charge is 0.337 e. The molecule has 1 atom stereocenters. The summed E-state index contributed by atoms with van der Waals surface area (Å²) in [5.41, 5.74) is 2.39. The molecule has 0 heterocycles. The average Bonchev–Trinajstić information content (AvgIpc) is 2.26. The Morgan fingerprint density at radius 3 is 2.69 bits per heavy atom. The lowest BCUT2D eigenvalue weighted by Gasteiger charge is -2.06. The van der Waals surface area contributed by atoms with Crippen molar-refractivity contribution in [3.63, 3.8) is 0 Å². The molecule has 1 N–H and O–H groups in total. The number of rotatable bonds is 4. The van der Waals surface area contributed by atoms with Crippen molar-refractivity contribution in [1.29, 1.82) is 0 Å². The van der Waals surface area contributed by atoms with Gasteiger partial charge in [0.2, 0.25) is 0 Å². The van der Waals surface area contributed by atoms with Crippen LogP contribution in [-0.4, -0.2) is 27.6 Å². The van der Waals surface area contributed by atoms with Crippen molar-refractivity contribution < 1.29 is 18.3 Å². The van der Waals surface area contributed by atoms with E-state index in [-0.39, 0.29) is 11.7 Å². The monoisotopic (exact) mass is 242 g/mol. The summed E-state index contributed by atoms with van der Waals surface area (Å²) in [6.07, 6.45) is 0.524. The van der Waals surface area contributed by atoms with Crippen molar-refractivity contribution >= 4 is 17.0 Å². The van der Waals surface area contributed by atoms with Crippen LogP contribution in [-0.2, 0) is 22.2 Å². The molecule has 0 aliphatic heterocycles. The molecule has 1 unspecified atom stereocenters. The van der Waals surface area contributed by atoms with E-state index in [1.165, 1.54) is 7.11 Å². The Labute approximate surface area is 96.9 Å². The molecule has 0 fully saturated rings. The van der Waals surface area contributed by atoms with E-state index < -0.39 is 11.1 Å². The minimum atomic E-state index is -1.78. The summed E-state index contributed by atoms with van der Waals surface area (Å²) in [7, 11) is 1.33. The van der Waals surface area contributed by atoms with Gasteiger partial charge in [-0.3, -0.25) is 0 Å². The van der Waals surface area contributed by atoms with Crippen molar-refractivity contribution in [1.82, 2.24) is 0 Å². The molecule has 0 saturated heterocycles. The number of carbonyl (C=O) groups is 1. The van der Waals surface area contributed by atoms with E-state index in [1.54, 1.807) is 18.2 Å². The summed E-state index contributed by atoms with van der Waals surface area (Å²) in [5.74, 6) is -0.168.